The molecule has 4 aromatic rings. The normalized spacial score (nSPS) is 14.6. The molecule has 1 atom stereocenters. The van der Waals surface area contributed by atoms with Crippen molar-refractivity contribution in [2.24, 2.45) is 0 Å². The van der Waals surface area contributed by atoms with Gasteiger partial charge in [0.2, 0.25) is 16.5 Å². The smallest absolute Gasteiger partial charge is 0.355 e. The molecule has 1 saturated heterocycles. The van der Waals surface area contributed by atoms with Gasteiger partial charge in [0.1, 0.15) is 17.8 Å². The molecule has 3 aromatic heterocycles. The molecule has 1 N–H and O–H groups in total. The molecule has 1 fully saturated rings. The average molecular weight is 613 g/mol. The fourth-order valence-corrected chi connectivity index (χ4v) is 5.59. The number of halogens is 6. The summed E-state index contributed by atoms with van der Waals surface area (Å²) in [6.45, 7) is 5.24. The van der Waals surface area contributed by atoms with Gasteiger partial charge in [0.15, 0.2) is 28.3 Å². The van der Waals surface area contributed by atoms with E-state index in [4.69, 9.17) is 11.6 Å². The second-order valence-electron chi connectivity index (χ2n) is 9.86. The Morgan fingerprint density at radius 2 is 1.71 bits per heavy atom. The van der Waals surface area contributed by atoms with Gasteiger partial charge in [-0.1, -0.05) is 25.4 Å². The van der Waals surface area contributed by atoms with Crippen molar-refractivity contribution in [2.45, 2.75) is 37.6 Å². The van der Waals surface area contributed by atoms with Crippen molar-refractivity contribution in [1.82, 2.24) is 19.5 Å². The van der Waals surface area contributed by atoms with Gasteiger partial charge in [0.05, 0.1) is 22.8 Å². The Hall–Kier alpha value is -3.49. The largest absolute Gasteiger partial charge is 0.611 e. The van der Waals surface area contributed by atoms with E-state index in [-0.39, 0.29) is 35.9 Å². The van der Waals surface area contributed by atoms with Crippen LogP contribution in [-0.4, -0.2) is 49.5 Å². The monoisotopic (exact) mass is 612 g/mol. The molecule has 0 radical (unpaired) electrons. The predicted octanol–water partition coefficient (Wildman–Crippen LogP) is 4.99. The van der Waals surface area contributed by atoms with Crippen LogP contribution in [0, 0.1) is 36.0 Å². The number of benzene rings is 1. The number of hydrogen-bond acceptors (Lipinski definition) is 7. The lowest BCUT2D eigenvalue weighted by Gasteiger charge is -2.41. The van der Waals surface area contributed by atoms with Gasteiger partial charge < -0.3 is 14.8 Å². The van der Waals surface area contributed by atoms with E-state index in [1.54, 1.807) is 19.2 Å². The number of pyridine rings is 2. The number of aromatic nitrogens is 4. The molecule has 0 amide bonds. The van der Waals surface area contributed by atoms with Crippen molar-refractivity contribution >= 4 is 45.3 Å². The van der Waals surface area contributed by atoms with Crippen molar-refractivity contribution in [3.05, 3.63) is 74.3 Å². The molecule has 0 bridgehead atoms. The van der Waals surface area contributed by atoms with E-state index >= 15 is 0 Å². The summed E-state index contributed by atoms with van der Waals surface area (Å²) in [5.74, 6) is -7.87. The maximum atomic E-state index is 14.7. The summed E-state index contributed by atoms with van der Waals surface area (Å²) < 4.78 is 85.4. The minimum Gasteiger partial charge on any atom is -0.611 e. The molecule has 8 nitrogen and oxygen atoms in total. The Balaban J connectivity index is 1.54. The predicted molar refractivity (Wildman–Crippen MR) is 145 cm³/mol. The molecule has 15 heteroatoms. The van der Waals surface area contributed by atoms with Crippen LogP contribution in [0.5, 0.6) is 0 Å². The first kappa shape index (κ1) is 29.0. The van der Waals surface area contributed by atoms with Gasteiger partial charge in [0, 0.05) is 19.3 Å². The molecule has 1 aliphatic rings. The fourth-order valence-electron chi connectivity index (χ4n) is 4.77. The van der Waals surface area contributed by atoms with Gasteiger partial charge in [-0.25, -0.2) is 27.5 Å². The third-order valence-electron chi connectivity index (χ3n) is 6.73. The summed E-state index contributed by atoms with van der Waals surface area (Å²) >= 11 is 3.69. The second kappa shape index (κ2) is 10.7. The van der Waals surface area contributed by atoms with Gasteiger partial charge in [-0.15, -0.1) is 0 Å². The highest BCUT2D eigenvalue weighted by atomic mass is 35.5. The second-order valence-corrected chi connectivity index (χ2v) is 11.5. The molecule has 1 aliphatic heterocycles. The molecule has 41 heavy (non-hydrogen) atoms. The van der Waals surface area contributed by atoms with Crippen LogP contribution in [0.4, 0.5) is 33.5 Å². The van der Waals surface area contributed by atoms with E-state index in [9.17, 15) is 31.3 Å². The van der Waals surface area contributed by atoms with Gasteiger partial charge in [-0.3, -0.25) is 4.98 Å². The van der Waals surface area contributed by atoms with Crippen molar-refractivity contribution in [3.8, 4) is 5.69 Å². The van der Waals surface area contributed by atoms with Crippen molar-refractivity contribution in [3.63, 3.8) is 0 Å². The highest BCUT2D eigenvalue weighted by Gasteiger charge is 2.38. The number of nitrogens with zero attached hydrogens (tertiary/aromatic N) is 5. The van der Waals surface area contributed by atoms with Crippen LogP contribution < -0.4 is 15.9 Å². The summed E-state index contributed by atoms with van der Waals surface area (Å²) in [5, 5.41) is 2.54. The summed E-state index contributed by atoms with van der Waals surface area (Å²) in [6.07, 6.45) is 2.50. The van der Waals surface area contributed by atoms with Crippen LogP contribution in [0.25, 0.3) is 16.7 Å². The van der Waals surface area contributed by atoms with Gasteiger partial charge in [-0.2, -0.15) is 13.8 Å². The lowest BCUT2D eigenvalue weighted by molar-refractivity contribution is 0.409. The first-order chi connectivity index (χ1) is 19.3. The molecule has 4 heterocycles. The Bertz CT molecular complexity index is 1730. The van der Waals surface area contributed by atoms with Gasteiger partial charge >= 0.3 is 5.69 Å². The highest BCUT2D eigenvalue weighted by Crippen LogP contribution is 2.36. The third-order valence-corrected chi connectivity index (χ3v) is 7.93. The van der Waals surface area contributed by atoms with Crippen LogP contribution >= 0.6 is 11.6 Å². The van der Waals surface area contributed by atoms with E-state index < -0.39 is 67.7 Å². The number of hydrogen-bond donors (Lipinski definition) is 1. The number of aryl methyl sites for hydroxylation is 1. The van der Waals surface area contributed by atoms with E-state index in [0.717, 1.165) is 17.2 Å². The molecule has 216 valence electrons. The third kappa shape index (κ3) is 4.87. The van der Waals surface area contributed by atoms with E-state index in [2.05, 4.69) is 20.3 Å². The number of anilines is 2. The zero-order valence-electron chi connectivity index (χ0n) is 22.0. The fraction of sp³-hybridized carbons (Fsp3) is 0.308. The molecule has 0 spiro atoms. The summed E-state index contributed by atoms with van der Waals surface area (Å²) in [4.78, 5) is 25.9. The number of nitrogens with one attached hydrogen (secondary N) is 1. The van der Waals surface area contributed by atoms with E-state index in [1.807, 2.05) is 13.8 Å². The Morgan fingerprint density at radius 1 is 1.07 bits per heavy atom. The SMILES string of the molecule is Cc1ccnc(C(C)C)c1-n1c(=O)nc(NC2CN(c3c(F)c(F)c([S+](C)[O-])c(F)c3F)C2)c2cc(F)c(Cl)nc21. The number of fused-ring (bicyclic) bond motifs is 1. The first-order valence-electron chi connectivity index (χ1n) is 12.3. The van der Waals surface area contributed by atoms with Crippen molar-refractivity contribution < 1.29 is 26.5 Å². The first-order valence-corrected chi connectivity index (χ1v) is 14.2. The van der Waals surface area contributed by atoms with E-state index in [0.29, 0.717) is 16.9 Å². The molecule has 5 rings (SSSR count). The zero-order chi connectivity index (χ0) is 29.9. The lowest BCUT2D eigenvalue weighted by atomic mass is 10.0. The summed E-state index contributed by atoms with van der Waals surface area (Å²) in [7, 11) is 0. The van der Waals surface area contributed by atoms with Crippen LogP contribution in [0.3, 0.4) is 0 Å². The summed E-state index contributed by atoms with van der Waals surface area (Å²) in [5.41, 5.74) is -0.0328. The molecular formula is C26H22ClF5N6O2S. The van der Waals surface area contributed by atoms with E-state index in [1.165, 1.54) is 4.57 Å². The van der Waals surface area contributed by atoms with Gasteiger partial charge in [-0.05, 0) is 41.7 Å². The zero-order valence-corrected chi connectivity index (χ0v) is 23.6. The molecule has 1 aromatic carbocycles. The van der Waals surface area contributed by atoms with Crippen molar-refractivity contribution in [2.75, 3.05) is 29.6 Å². The van der Waals surface area contributed by atoms with Crippen LogP contribution in [0.15, 0.2) is 28.0 Å². The standard InChI is InChI=1S/C26H22ClF5N6O2S/c1-10(2)19-20(11(3)5-6-33-19)38-25-13(7-14(28)23(27)35-25)24(36-26(38)39)34-12-8-37(9-12)21-15(29)17(31)22(41(4)40)18(32)16(21)30/h5-7,10,12H,8-9H2,1-4H3,(H,34,36,39). The Kier molecular flexibility index (Phi) is 7.59. The quantitative estimate of drug-likeness (QED) is 0.142. The molecular weight excluding hydrogens is 591 g/mol. The van der Waals surface area contributed by atoms with Crippen LogP contribution in [-0.2, 0) is 11.2 Å². The van der Waals surface area contributed by atoms with Crippen LogP contribution in [0.2, 0.25) is 5.15 Å². The minimum absolute atomic E-state index is 0.00235. The molecule has 1 unspecified atom stereocenters. The lowest BCUT2D eigenvalue weighted by Crippen LogP contribution is -2.56. The topological polar surface area (TPSA) is 99.0 Å². The maximum absolute atomic E-state index is 14.7. The molecule has 0 saturated carbocycles. The average Bonchev–Trinajstić information content (AvgIpc) is 2.87. The highest BCUT2D eigenvalue weighted by molar-refractivity contribution is 7.90. The Morgan fingerprint density at radius 3 is 2.29 bits per heavy atom. The Labute approximate surface area is 238 Å². The maximum Gasteiger partial charge on any atom is 0.355 e. The number of rotatable bonds is 6. The van der Waals surface area contributed by atoms with Gasteiger partial charge in [0.25, 0.3) is 0 Å². The minimum atomic E-state index is -2.30. The van der Waals surface area contributed by atoms with Crippen molar-refractivity contribution in [1.29, 1.82) is 0 Å². The summed E-state index contributed by atoms with van der Waals surface area (Å²) in [6, 6.07) is 2.14. The van der Waals surface area contributed by atoms with Crippen LogP contribution in [0.1, 0.15) is 31.0 Å². The molecule has 0 aliphatic carbocycles.